The fraction of sp³-hybridized carbons (Fsp3) is 0.164. The standard InChI is InChI=1S/2C18H15F5N3O2S.C15H12F5N5OS.2C2H6.2Y/c1-2-6-13-11-14(9-10-15(13)29(19,20,21,22)23)16(27)24-18-26-25-17(28-18)12-7-4-3-5-8-12;1-2-3-12-4-6-14(7-5-12)17-25-26-18(28-17)24-16(27)13-8-10-15(11-9-13)29(19,20,21,22)23;16-27(17,18,19,20)13-8-6-12(7-9-13)14(26)21-15-22-24-25(23-15)10-11-4-2-1-3-5-11;2*1-2;;/h3-5,7-11H,1-2,6H2,(H,24,26,27);4-11H,1-3H2,(H,24,26,27);1-9H,10H2,(H,21,23,26);2*1-2H3;;/q2*-1;;;;;. The van der Waals surface area contributed by atoms with Gasteiger partial charge in [0.1, 0.15) is 14.7 Å². The van der Waals surface area contributed by atoms with E-state index in [4.69, 9.17) is 8.83 Å². The number of tetrazole rings is 1. The molecule has 3 aromatic heterocycles. The summed E-state index contributed by atoms with van der Waals surface area (Å²) in [6, 6.07) is 29.3. The number of anilines is 3. The maximum Gasteiger partial charge on any atom is 0.322 e. The largest absolute Gasteiger partial charge is 0.403 e. The molecule has 0 saturated heterocycles. The van der Waals surface area contributed by atoms with Gasteiger partial charge in [-0.1, -0.05) is 180 Å². The van der Waals surface area contributed by atoms with E-state index in [0.717, 1.165) is 30.0 Å². The molecule has 2 radical (unpaired) electrons. The molecule has 3 amide bonds. The Morgan fingerprint density at radius 3 is 1.29 bits per heavy atom. The summed E-state index contributed by atoms with van der Waals surface area (Å²) in [5.41, 5.74) is 1.64. The average Bonchev–Trinajstić information content (AvgIpc) is 1.20. The SMILES string of the molecule is CC.CC.O=C(Nc1nnn(Cc2ccccc2)n1)c1ccc(S(F)(F)(F)(F)F)cc1.[CH2-]CCc1cc(C(=O)Nc2nnc(-c3ccccc3)o2)ccc1S(F)(F)(F)(F)F.[CH2-]CCc1ccc(-c2nnc(NC(=O)c3ccc(S(F)(F)(F)(F)F)cc3)o2)cc1.[Y].[Y]. The van der Waals surface area contributed by atoms with Gasteiger partial charge >= 0.3 is 42.7 Å². The summed E-state index contributed by atoms with van der Waals surface area (Å²) >= 11 is 0. The minimum absolute atomic E-state index is 0. The fourth-order valence-corrected chi connectivity index (χ4v) is 9.49. The first-order valence-electron chi connectivity index (χ1n) is 25.8. The van der Waals surface area contributed by atoms with Gasteiger partial charge in [0.15, 0.2) is 0 Å². The van der Waals surface area contributed by atoms with Crippen molar-refractivity contribution in [1.29, 1.82) is 0 Å². The minimum Gasteiger partial charge on any atom is -0.403 e. The molecule has 0 unspecified atom stereocenters. The third-order valence-electron chi connectivity index (χ3n) is 11.1. The summed E-state index contributed by atoms with van der Waals surface area (Å²) in [6.07, 6.45) is 1.13. The molecule has 0 aliphatic heterocycles. The Kier molecular flexibility index (Phi) is 24.7. The number of hydrogen-bond donors (Lipinski definition) is 3. The van der Waals surface area contributed by atoms with Gasteiger partial charge in [-0.3, -0.25) is 30.3 Å². The molecule has 36 heteroatoms. The second-order valence-corrected chi connectivity index (χ2v) is 25.1. The third-order valence-corrected chi connectivity index (χ3v) is 14.7. The number of rotatable bonds is 17. The van der Waals surface area contributed by atoms with Gasteiger partial charge < -0.3 is 22.7 Å². The number of halogens is 15. The molecule has 16 nitrogen and oxygen atoms in total. The number of nitrogens with zero attached hydrogens (tertiary/aromatic N) is 8. The Balaban J connectivity index is 0.000000343. The fourth-order valence-electron chi connectivity index (χ4n) is 7.21. The normalized spacial score (nSPS) is 13.4. The molecular formula is C55H54F15N11O5S3Y2-2. The molecule has 0 aliphatic rings. The van der Waals surface area contributed by atoms with Crippen molar-refractivity contribution in [2.24, 2.45) is 0 Å². The molecule has 0 spiro atoms. The number of aryl methyl sites for hydroxylation is 2. The Morgan fingerprint density at radius 2 is 0.857 bits per heavy atom. The maximum atomic E-state index is 13.2. The Bertz CT molecular complexity index is 3890. The Morgan fingerprint density at radius 1 is 0.451 bits per heavy atom. The smallest absolute Gasteiger partial charge is 0.322 e. The van der Waals surface area contributed by atoms with Crippen molar-refractivity contribution in [1.82, 2.24) is 40.6 Å². The summed E-state index contributed by atoms with van der Waals surface area (Å²) < 4.78 is 204. The first kappa shape index (κ1) is 78.5. The monoisotopic (exact) mass is 1510 g/mol. The molecular weight excluding hydrogens is 1450 g/mol. The van der Waals surface area contributed by atoms with Crippen molar-refractivity contribution >= 4 is 66.4 Å². The number of amides is 3. The zero-order valence-corrected chi connectivity index (χ0v) is 56.2. The van der Waals surface area contributed by atoms with Crippen LogP contribution in [-0.4, -0.2) is 58.3 Å². The van der Waals surface area contributed by atoms with Gasteiger partial charge in [0.05, 0.1) is 6.54 Å². The minimum atomic E-state index is -9.90. The second kappa shape index (κ2) is 28.7. The molecule has 3 heterocycles. The first-order valence-corrected chi connectivity index (χ1v) is 31.7. The predicted octanol–water partition coefficient (Wildman–Crippen LogP) is 19.5. The molecule has 490 valence electrons. The van der Waals surface area contributed by atoms with Crippen LogP contribution in [0.2, 0.25) is 0 Å². The Hall–Kier alpha value is -6.71. The summed E-state index contributed by atoms with van der Waals surface area (Å²) in [6.45, 7) is 15.5. The van der Waals surface area contributed by atoms with E-state index in [0.29, 0.717) is 48.0 Å². The number of carbonyl (C=O) groups is 3. The van der Waals surface area contributed by atoms with E-state index in [-0.39, 0.29) is 155 Å². The molecule has 9 rings (SSSR count). The van der Waals surface area contributed by atoms with Crippen LogP contribution in [0.3, 0.4) is 0 Å². The van der Waals surface area contributed by atoms with Crippen molar-refractivity contribution in [2.45, 2.75) is 74.6 Å². The maximum absolute atomic E-state index is 13.2. The molecule has 3 N–H and O–H groups in total. The molecule has 0 fully saturated rings. The number of hydrogen-bond acceptors (Lipinski definition) is 12. The molecule has 0 atom stereocenters. The zero-order chi connectivity index (χ0) is 66.5. The zero-order valence-electron chi connectivity index (χ0n) is 48.1. The second-order valence-electron chi connectivity index (χ2n) is 17.9. The summed E-state index contributed by atoms with van der Waals surface area (Å²) in [7, 11) is -29.5. The number of benzene rings is 6. The van der Waals surface area contributed by atoms with Crippen molar-refractivity contribution in [3.63, 3.8) is 0 Å². The van der Waals surface area contributed by atoms with E-state index in [1.54, 1.807) is 42.5 Å². The van der Waals surface area contributed by atoms with E-state index in [9.17, 15) is 72.7 Å². The van der Waals surface area contributed by atoms with Crippen molar-refractivity contribution in [3.8, 4) is 22.9 Å². The predicted molar refractivity (Wildman–Crippen MR) is 310 cm³/mol. The Labute approximate surface area is 561 Å². The van der Waals surface area contributed by atoms with Gasteiger partial charge in [-0.2, -0.15) is 17.6 Å². The van der Waals surface area contributed by atoms with Gasteiger partial charge in [-0.15, -0.1) is 15.3 Å². The molecule has 91 heavy (non-hydrogen) atoms. The molecule has 0 aliphatic carbocycles. The van der Waals surface area contributed by atoms with E-state index >= 15 is 0 Å². The van der Waals surface area contributed by atoms with E-state index in [2.05, 4.69) is 65.6 Å². The van der Waals surface area contributed by atoms with Gasteiger partial charge in [-0.25, -0.2) is 0 Å². The van der Waals surface area contributed by atoms with Crippen LogP contribution < -0.4 is 16.0 Å². The van der Waals surface area contributed by atoms with Crippen molar-refractivity contribution in [2.75, 3.05) is 16.0 Å². The average molecular weight is 1510 g/mol. The van der Waals surface area contributed by atoms with Crippen LogP contribution in [-0.2, 0) is 84.8 Å². The molecule has 9 aromatic rings. The number of nitrogens with one attached hydrogen (secondary N) is 3. The van der Waals surface area contributed by atoms with Crippen LogP contribution in [0.1, 0.15) is 88.3 Å². The molecule has 0 saturated carbocycles. The number of aromatic nitrogens is 8. The topological polar surface area (TPSA) is 209 Å². The molecule has 6 aromatic carbocycles. The third kappa shape index (κ3) is 24.0. The van der Waals surface area contributed by atoms with Crippen LogP contribution in [0.25, 0.3) is 22.9 Å². The van der Waals surface area contributed by atoms with Crippen LogP contribution in [0.4, 0.5) is 76.3 Å². The van der Waals surface area contributed by atoms with Crippen molar-refractivity contribution < 1.29 is 147 Å². The van der Waals surface area contributed by atoms with Crippen LogP contribution in [0.15, 0.2) is 175 Å². The summed E-state index contributed by atoms with van der Waals surface area (Å²) in [5, 5.41) is 32.8. The van der Waals surface area contributed by atoms with E-state index < -0.39 is 68.6 Å². The quantitative estimate of drug-likeness (QED) is 0.0575. The van der Waals surface area contributed by atoms with Crippen LogP contribution in [0, 0.1) is 13.8 Å². The van der Waals surface area contributed by atoms with Gasteiger partial charge in [-0.05, 0) is 107 Å². The van der Waals surface area contributed by atoms with Crippen molar-refractivity contribution in [3.05, 3.63) is 199 Å². The van der Waals surface area contributed by atoms with E-state index in [1.165, 1.54) is 4.80 Å². The number of carbonyl (C=O) groups excluding carboxylic acids is 3. The first-order chi connectivity index (χ1) is 41.1. The van der Waals surface area contributed by atoms with Crippen LogP contribution in [0.5, 0.6) is 0 Å². The summed E-state index contributed by atoms with van der Waals surface area (Å²) in [5.74, 6) is -2.56. The van der Waals surface area contributed by atoms with E-state index in [1.807, 2.05) is 70.2 Å². The van der Waals surface area contributed by atoms with Gasteiger partial charge in [0.25, 0.3) is 23.7 Å². The van der Waals surface area contributed by atoms with Gasteiger partial charge in [0, 0.05) is 93.2 Å². The van der Waals surface area contributed by atoms with Gasteiger partial charge in [0.2, 0.25) is 11.8 Å². The summed E-state index contributed by atoms with van der Waals surface area (Å²) in [4.78, 5) is 31.5. The molecule has 0 bridgehead atoms. The van der Waals surface area contributed by atoms with Crippen LogP contribution >= 0.6 is 30.7 Å².